The number of carbonyl (C=O) groups excluding carboxylic acids is 1. The molecular formula is C21H21N3O5S. The fourth-order valence-corrected chi connectivity index (χ4v) is 3.22. The lowest BCUT2D eigenvalue weighted by Crippen LogP contribution is -2.09. The molecule has 2 aromatic carbocycles. The molecule has 0 aliphatic rings. The van der Waals surface area contributed by atoms with E-state index in [0.29, 0.717) is 0 Å². The Labute approximate surface area is 177 Å². The molecule has 0 bridgehead atoms. The van der Waals surface area contributed by atoms with Gasteiger partial charge in [0, 0.05) is 29.2 Å². The van der Waals surface area contributed by atoms with Crippen LogP contribution in [0, 0.1) is 0 Å². The average Bonchev–Trinajstić information content (AvgIpc) is 3.17. The predicted molar refractivity (Wildman–Crippen MR) is 116 cm³/mol. The van der Waals surface area contributed by atoms with Crippen LogP contribution in [0.15, 0.2) is 53.9 Å². The van der Waals surface area contributed by atoms with Gasteiger partial charge in [0.25, 0.3) is 0 Å². The summed E-state index contributed by atoms with van der Waals surface area (Å²) in [5, 5.41) is 23.9. The summed E-state index contributed by atoms with van der Waals surface area (Å²) >= 11 is 1.57. The number of carboxylic acid groups (broad SMARTS) is 2. The second-order valence-corrected chi connectivity index (χ2v) is 6.90. The van der Waals surface area contributed by atoms with Gasteiger partial charge in [-0.05, 0) is 30.2 Å². The summed E-state index contributed by atoms with van der Waals surface area (Å²) in [6, 6.07) is 16.0. The number of hydrogen-bond donors (Lipinski definition) is 4. The third kappa shape index (κ3) is 6.71. The molecule has 0 aliphatic heterocycles. The Balaban J connectivity index is 0.000000469. The Morgan fingerprint density at radius 2 is 1.73 bits per heavy atom. The van der Waals surface area contributed by atoms with Crippen molar-refractivity contribution in [2.75, 3.05) is 10.6 Å². The summed E-state index contributed by atoms with van der Waals surface area (Å²) in [5.41, 5.74) is 5.01. The minimum atomic E-state index is -1.82. The lowest BCUT2D eigenvalue weighted by molar-refractivity contribution is -0.159. The number of aryl methyl sites for hydroxylation is 1. The third-order valence-corrected chi connectivity index (χ3v) is 4.56. The molecule has 0 aliphatic carbocycles. The molecule has 30 heavy (non-hydrogen) atoms. The first-order valence-electron chi connectivity index (χ1n) is 8.94. The van der Waals surface area contributed by atoms with Gasteiger partial charge < -0.3 is 20.8 Å². The molecule has 0 saturated heterocycles. The maximum absolute atomic E-state index is 11.2. The second-order valence-electron chi connectivity index (χ2n) is 6.05. The van der Waals surface area contributed by atoms with Gasteiger partial charge in [-0.3, -0.25) is 4.79 Å². The number of carboxylic acids is 2. The van der Waals surface area contributed by atoms with Crippen LogP contribution in [-0.4, -0.2) is 33.0 Å². The number of carbonyl (C=O) groups is 3. The maximum Gasteiger partial charge on any atom is 0.414 e. The molecule has 0 fully saturated rings. The number of anilines is 3. The van der Waals surface area contributed by atoms with E-state index < -0.39 is 11.9 Å². The largest absolute Gasteiger partial charge is 0.473 e. The number of nitrogens with zero attached hydrogens (tertiary/aromatic N) is 1. The van der Waals surface area contributed by atoms with Gasteiger partial charge in [-0.2, -0.15) is 0 Å². The van der Waals surface area contributed by atoms with Crippen molar-refractivity contribution in [1.82, 2.24) is 4.98 Å². The minimum absolute atomic E-state index is 0.0797. The number of aromatic nitrogens is 1. The molecule has 4 N–H and O–H groups in total. The van der Waals surface area contributed by atoms with Gasteiger partial charge in [0.1, 0.15) is 0 Å². The molecule has 0 saturated carbocycles. The maximum atomic E-state index is 11.2. The van der Waals surface area contributed by atoms with E-state index in [1.165, 1.54) is 12.5 Å². The predicted octanol–water partition coefficient (Wildman–Crippen LogP) is 4.23. The molecule has 1 heterocycles. The van der Waals surface area contributed by atoms with Crippen molar-refractivity contribution >= 4 is 45.7 Å². The van der Waals surface area contributed by atoms with Crippen LogP contribution in [0.3, 0.4) is 0 Å². The first-order chi connectivity index (χ1) is 14.3. The van der Waals surface area contributed by atoms with Crippen LogP contribution in [0.25, 0.3) is 11.3 Å². The van der Waals surface area contributed by atoms with Crippen LogP contribution in [0.1, 0.15) is 19.4 Å². The summed E-state index contributed by atoms with van der Waals surface area (Å²) in [5.74, 6) is -3.73. The molecular weight excluding hydrogens is 406 g/mol. The zero-order valence-electron chi connectivity index (χ0n) is 16.4. The highest BCUT2D eigenvalue weighted by atomic mass is 32.1. The minimum Gasteiger partial charge on any atom is -0.473 e. The zero-order valence-corrected chi connectivity index (χ0v) is 17.2. The number of thiazole rings is 1. The highest BCUT2D eigenvalue weighted by Gasteiger charge is 2.08. The monoisotopic (exact) mass is 427 g/mol. The van der Waals surface area contributed by atoms with E-state index in [0.717, 1.165) is 34.2 Å². The van der Waals surface area contributed by atoms with Crippen LogP contribution in [-0.2, 0) is 20.8 Å². The van der Waals surface area contributed by atoms with E-state index in [1.807, 2.05) is 41.8 Å². The van der Waals surface area contributed by atoms with Crippen LogP contribution in [0.5, 0.6) is 0 Å². The molecule has 0 atom stereocenters. The Morgan fingerprint density at radius 1 is 1.03 bits per heavy atom. The number of hydrogen-bond acceptors (Lipinski definition) is 6. The lowest BCUT2D eigenvalue weighted by Gasteiger charge is -2.07. The van der Waals surface area contributed by atoms with E-state index in [1.54, 1.807) is 11.3 Å². The van der Waals surface area contributed by atoms with Crippen LogP contribution in [0.4, 0.5) is 16.5 Å². The summed E-state index contributed by atoms with van der Waals surface area (Å²) < 4.78 is 0. The first kappa shape index (κ1) is 22.6. The molecule has 3 aromatic rings. The van der Waals surface area contributed by atoms with Crippen molar-refractivity contribution in [3.05, 3.63) is 59.5 Å². The van der Waals surface area contributed by atoms with Crippen LogP contribution < -0.4 is 10.6 Å². The van der Waals surface area contributed by atoms with Gasteiger partial charge >= 0.3 is 11.9 Å². The lowest BCUT2D eigenvalue weighted by atomic mass is 10.1. The molecule has 0 spiro atoms. The smallest absolute Gasteiger partial charge is 0.414 e. The van der Waals surface area contributed by atoms with Gasteiger partial charge in [0.2, 0.25) is 5.91 Å². The fourth-order valence-electron chi connectivity index (χ4n) is 2.49. The van der Waals surface area contributed by atoms with E-state index >= 15 is 0 Å². The van der Waals surface area contributed by atoms with Crippen LogP contribution >= 0.6 is 11.3 Å². The van der Waals surface area contributed by atoms with Crippen molar-refractivity contribution in [1.29, 1.82) is 0 Å². The second kappa shape index (κ2) is 10.7. The number of para-hydroxylation sites is 1. The summed E-state index contributed by atoms with van der Waals surface area (Å²) in [6.07, 6.45) is 0.972. The van der Waals surface area contributed by atoms with Crippen molar-refractivity contribution in [2.45, 2.75) is 20.3 Å². The summed E-state index contributed by atoms with van der Waals surface area (Å²) in [4.78, 5) is 34.1. The number of benzene rings is 2. The fraction of sp³-hybridized carbons (Fsp3) is 0.143. The SMILES string of the molecule is CCc1ccccc1Nc1nc(-c2cccc(NC(C)=O)c2)cs1.O=C(O)C(=O)O. The molecule has 0 radical (unpaired) electrons. The van der Waals surface area contributed by atoms with E-state index in [4.69, 9.17) is 19.8 Å². The zero-order chi connectivity index (χ0) is 22.1. The van der Waals surface area contributed by atoms with Gasteiger partial charge in [-0.15, -0.1) is 11.3 Å². The number of rotatable bonds is 5. The van der Waals surface area contributed by atoms with Crippen molar-refractivity contribution in [2.24, 2.45) is 0 Å². The average molecular weight is 427 g/mol. The summed E-state index contributed by atoms with van der Waals surface area (Å²) in [6.45, 7) is 3.64. The topological polar surface area (TPSA) is 129 Å². The Hall–Kier alpha value is -3.72. The molecule has 1 amide bonds. The van der Waals surface area contributed by atoms with E-state index in [2.05, 4.69) is 34.7 Å². The molecule has 3 rings (SSSR count). The molecule has 9 heteroatoms. The number of nitrogens with one attached hydrogen (secondary N) is 2. The van der Waals surface area contributed by atoms with Crippen molar-refractivity contribution in [3.8, 4) is 11.3 Å². The quantitative estimate of drug-likeness (QED) is 0.449. The van der Waals surface area contributed by atoms with E-state index in [-0.39, 0.29) is 5.91 Å². The Bertz CT molecular complexity index is 1040. The van der Waals surface area contributed by atoms with E-state index in [9.17, 15) is 4.79 Å². The molecule has 8 nitrogen and oxygen atoms in total. The standard InChI is InChI=1S/C19H19N3OS.C2H2O4/c1-3-14-7-4-5-10-17(14)21-19-22-18(12-24-19)15-8-6-9-16(11-15)20-13(2)23;3-1(4)2(5)6/h4-12H,3H2,1-2H3,(H,20,23)(H,21,22);(H,3,4)(H,5,6). The Morgan fingerprint density at radius 3 is 2.37 bits per heavy atom. The molecule has 0 unspecified atom stereocenters. The van der Waals surface area contributed by atoms with Crippen molar-refractivity contribution < 1.29 is 24.6 Å². The number of amides is 1. The highest BCUT2D eigenvalue weighted by Crippen LogP contribution is 2.29. The van der Waals surface area contributed by atoms with Crippen molar-refractivity contribution in [3.63, 3.8) is 0 Å². The van der Waals surface area contributed by atoms with Gasteiger partial charge in [-0.1, -0.05) is 37.3 Å². The molecule has 1 aromatic heterocycles. The third-order valence-electron chi connectivity index (χ3n) is 3.81. The summed E-state index contributed by atoms with van der Waals surface area (Å²) in [7, 11) is 0. The Kier molecular flexibility index (Phi) is 8.07. The normalized spacial score (nSPS) is 9.80. The van der Waals surface area contributed by atoms with Crippen LogP contribution in [0.2, 0.25) is 0 Å². The highest BCUT2D eigenvalue weighted by molar-refractivity contribution is 7.14. The van der Waals surface area contributed by atoms with Gasteiger partial charge in [-0.25, -0.2) is 14.6 Å². The molecule has 156 valence electrons. The number of aliphatic carboxylic acids is 2. The van der Waals surface area contributed by atoms with Gasteiger partial charge in [0.05, 0.1) is 5.69 Å². The first-order valence-corrected chi connectivity index (χ1v) is 9.82. The van der Waals surface area contributed by atoms with Gasteiger partial charge in [0.15, 0.2) is 5.13 Å².